The number of aryl methyl sites for hydroxylation is 2. The first kappa shape index (κ1) is 14.3. The summed E-state index contributed by atoms with van der Waals surface area (Å²) in [4.78, 5) is 14.4. The molecular formula is C13H20ClN3O2. The van der Waals surface area contributed by atoms with Gasteiger partial charge >= 0.3 is 0 Å². The van der Waals surface area contributed by atoms with Gasteiger partial charge in [-0.25, -0.2) is 0 Å². The highest BCUT2D eigenvalue weighted by Gasteiger charge is 2.35. The molecule has 1 aliphatic heterocycles. The monoisotopic (exact) mass is 285 g/mol. The van der Waals surface area contributed by atoms with E-state index in [0.29, 0.717) is 29.5 Å². The lowest BCUT2D eigenvalue weighted by atomic mass is 10.0. The van der Waals surface area contributed by atoms with Crippen LogP contribution in [0.1, 0.15) is 36.8 Å². The van der Waals surface area contributed by atoms with E-state index in [4.69, 9.17) is 16.3 Å². The van der Waals surface area contributed by atoms with Crippen molar-refractivity contribution >= 4 is 17.5 Å². The molecule has 0 saturated carbocycles. The molecule has 1 atom stereocenters. The van der Waals surface area contributed by atoms with Gasteiger partial charge in [0.1, 0.15) is 5.15 Å². The Kier molecular flexibility index (Phi) is 3.62. The van der Waals surface area contributed by atoms with Crippen molar-refractivity contribution in [2.45, 2.75) is 39.4 Å². The summed E-state index contributed by atoms with van der Waals surface area (Å²) in [5, 5.41) is 4.58. The van der Waals surface area contributed by atoms with Crippen molar-refractivity contribution in [3.05, 3.63) is 16.4 Å². The molecule has 0 unspecified atom stereocenters. The van der Waals surface area contributed by atoms with Crippen molar-refractivity contribution in [3.63, 3.8) is 0 Å². The Morgan fingerprint density at radius 3 is 2.63 bits per heavy atom. The predicted octanol–water partition coefficient (Wildman–Crippen LogP) is 2.02. The minimum absolute atomic E-state index is 0.0171. The first-order chi connectivity index (χ1) is 8.71. The number of rotatable bonds is 1. The van der Waals surface area contributed by atoms with Crippen LogP contribution in [0.15, 0.2) is 0 Å². The van der Waals surface area contributed by atoms with Gasteiger partial charge < -0.3 is 9.64 Å². The molecule has 1 fully saturated rings. The number of aromatic nitrogens is 2. The number of hydrogen-bond acceptors (Lipinski definition) is 3. The summed E-state index contributed by atoms with van der Waals surface area (Å²) in [7, 11) is 1.73. The molecule has 2 heterocycles. The summed E-state index contributed by atoms with van der Waals surface area (Å²) in [5.41, 5.74) is 0.819. The zero-order valence-electron chi connectivity index (χ0n) is 12.0. The van der Waals surface area contributed by atoms with E-state index in [1.165, 1.54) is 4.68 Å². The lowest BCUT2D eigenvalue weighted by Crippen LogP contribution is -2.53. The van der Waals surface area contributed by atoms with Crippen molar-refractivity contribution in [2.24, 2.45) is 7.05 Å². The van der Waals surface area contributed by atoms with E-state index >= 15 is 0 Å². The molecule has 1 aromatic rings. The summed E-state index contributed by atoms with van der Waals surface area (Å²) in [5.74, 6) is -0.0705. The van der Waals surface area contributed by atoms with Gasteiger partial charge in [0.15, 0.2) is 0 Å². The SMILES string of the molecule is Cc1nn(C)c(Cl)c1C(=O)N1C[C@@H](C)OC(C)(C)C1. The van der Waals surface area contributed by atoms with Gasteiger partial charge in [-0.2, -0.15) is 5.10 Å². The van der Waals surface area contributed by atoms with Crippen molar-refractivity contribution in [2.75, 3.05) is 13.1 Å². The van der Waals surface area contributed by atoms with Gasteiger partial charge in [0.05, 0.1) is 23.0 Å². The van der Waals surface area contributed by atoms with Gasteiger partial charge in [-0.05, 0) is 27.7 Å². The fourth-order valence-corrected chi connectivity index (χ4v) is 2.89. The normalized spacial score (nSPS) is 22.6. The Morgan fingerprint density at radius 1 is 1.53 bits per heavy atom. The Labute approximate surface area is 118 Å². The fourth-order valence-electron chi connectivity index (χ4n) is 2.64. The van der Waals surface area contributed by atoms with Crippen LogP contribution in [0.3, 0.4) is 0 Å². The summed E-state index contributed by atoms with van der Waals surface area (Å²) < 4.78 is 7.33. The fraction of sp³-hybridized carbons (Fsp3) is 0.692. The second kappa shape index (κ2) is 4.80. The van der Waals surface area contributed by atoms with E-state index in [1.54, 1.807) is 18.9 Å². The number of amides is 1. The molecule has 1 saturated heterocycles. The smallest absolute Gasteiger partial charge is 0.259 e. The molecule has 6 heteroatoms. The molecule has 0 N–H and O–H groups in total. The number of carbonyl (C=O) groups is 1. The van der Waals surface area contributed by atoms with Crippen LogP contribution >= 0.6 is 11.6 Å². The standard InChI is InChI=1S/C13H20ClN3O2/c1-8-6-17(7-13(3,4)19-8)12(18)10-9(2)15-16(5)11(10)14/h8H,6-7H2,1-5H3/t8-/m1/s1. The lowest BCUT2D eigenvalue weighted by molar-refractivity contribution is -0.118. The molecule has 5 nitrogen and oxygen atoms in total. The van der Waals surface area contributed by atoms with Crippen LogP contribution in [0.25, 0.3) is 0 Å². The van der Waals surface area contributed by atoms with Crippen LogP contribution in [0.4, 0.5) is 0 Å². The van der Waals surface area contributed by atoms with E-state index < -0.39 is 0 Å². The average Bonchev–Trinajstić information content (AvgIpc) is 2.49. The topological polar surface area (TPSA) is 47.4 Å². The second-order valence-electron chi connectivity index (χ2n) is 5.75. The predicted molar refractivity (Wildman–Crippen MR) is 73.5 cm³/mol. The number of nitrogens with zero attached hydrogens (tertiary/aromatic N) is 3. The first-order valence-corrected chi connectivity index (χ1v) is 6.75. The van der Waals surface area contributed by atoms with Crippen molar-refractivity contribution in [1.82, 2.24) is 14.7 Å². The zero-order chi connectivity index (χ0) is 14.4. The Bertz CT molecular complexity index is 510. The molecule has 2 rings (SSSR count). The lowest BCUT2D eigenvalue weighted by Gasteiger charge is -2.41. The maximum Gasteiger partial charge on any atom is 0.259 e. The third-order valence-corrected chi connectivity index (χ3v) is 3.66. The van der Waals surface area contributed by atoms with Crippen LogP contribution in [-0.2, 0) is 11.8 Å². The summed E-state index contributed by atoms with van der Waals surface area (Å²) in [6, 6.07) is 0. The molecular weight excluding hydrogens is 266 g/mol. The number of ether oxygens (including phenoxy) is 1. The van der Waals surface area contributed by atoms with E-state index in [1.807, 2.05) is 20.8 Å². The molecule has 0 radical (unpaired) electrons. The Balaban J connectivity index is 2.29. The van der Waals surface area contributed by atoms with Crippen LogP contribution < -0.4 is 0 Å². The molecule has 1 aliphatic rings. The minimum atomic E-state index is -0.337. The van der Waals surface area contributed by atoms with E-state index in [0.717, 1.165) is 0 Å². The summed E-state index contributed by atoms with van der Waals surface area (Å²) in [6.45, 7) is 8.88. The molecule has 1 amide bonds. The largest absolute Gasteiger partial charge is 0.369 e. The summed E-state index contributed by atoms with van der Waals surface area (Å²) in [6.07, 6.45) is 0.0171. The second-order valence-corrected chi connectivity index (χ2v) is 6.11. The van der Waals surface area contributed by atoms with Gasteiger partial charge in [0.25, 0.3) is 5.91 Å². The van der Waals surface area contributed by atoms with Gasteiger partial charge in [-0.1, -0.05) is 11.6 Å². The third kappa shape index (κ3) is 2.77. The van der Waals surface area contributed by atoms with Crippen molar-refractivity contribution in [3.8, 4) is 0 Å². The van der Waals surface area contributed by atoms with E-state index in [9.17, 15) is 4.79 Å². The molecule has 106 valence electrons. The zero-order valence-corrected chi connectivity index (χ0v) is 12.8. The molecule has 0 bridgehead atoms. The highest BCUT2D eigenvalue weighted by atomic mass is 35.5. The number of carbonyl (C=O) groups excluding carboxylic acids is 1. The third-order valence-electron chi connectivity index (χ3n) is 3.22. The molecule has 0 spiro atoms. The van der Waals surface area contributed by atoms with Gasteiger partial charge in [-0.3, -0.25) is 9.48 Å². The number of halogens is 1. The van der Waals surface area contributed by atoms with Gasteiger partial charge in [0, 0.05) is 20.1 Å². The van der Waals surface area contributed by atoms with E-state index in [-0.39, 0.29) is 17.6 Å². The Hall–Kier alpha value is -1.07. The van der Waals surface area contributed by atoms with E-state index in [2.05, 4.69) is 5.10 Å². The van der Waals surface area contributed by atoms with Crippen LogP contribution in [-0.4, -0.2) is 45.4 Å². The Morgan fingerprint density at radius 2 is 2.16 bits per heavy atom. The number of hydrogen-bond donors (Lipinski definition) is 0. The van der Waals surface area contributed by atoms with Crippen LogP contribution in [0.2, 0.25) is 5.15 Å². The van der Waals surface area contributed by atoms with Crippen molar-refractivity contribution in [1.29, 1.82) is 0 Å². The first-order valence-electron chi connectivity index (χ1n) is 6.37. The molecule has 19 heavy (non-hydrogen) atoms. The van der Waals surface area contributed by atoms with Crippen LogP contribution in [0, 0.1) is 6.92 Å². The molecule has 1 aromatic heterocycles. The quantitative estimate of drug-likeness (QED) is 0.793. The number of morpholine rings is 1. The van der Waals surface area contributed by atoms with Gasteiger partial charge in [-0.15, -0.1) is 0 Å². The highest BCUT2D eigenvalue weighted by molar-refractivity contribution is 6.33. The minimum Gasteiger partial charge on any atom is -0.369 e. The maximum atomic E-state index is 12.6. The molecule has 0 aromatic carbocycles. The molecule has 0 aliphatic carbocycles. The highest BCUT2D eigenvalue weighted by Crippen LogP contribution is 2.26. The average molecular weight is 286 g/mol. The summed E-state index contributed by atoms with van der Waals surface area (Å²) >= 11 is 6.16. The van der Waals surface area contributed by atoms with Crippen molar-refractivity contribution < 1.29 is 9.53 Å². The van der Waals surface area contributed by atoms with Crippen LogP contribution in [0.5, 0.6) is 0 Å². The maximum absolute atomic E-state index is 12.6. The van der Waals surface area contributed by atoms with Gasteiger partial charge in [0.2, 0.25) is 0 Å².